The number of halogens is 2. The van der Waals surface area contributed by atoms with Gasteiger partial charge in [-0.3, -0.25) is 0 Å². The van der Waals surface area contributed by atoms with E-state index in [1.54, 1.807) is 14.4 Å². The predicted molar refractivity (Wildman–Crippen MR) is 189 cm³/mol. The fraction of sp³-hybridized carbons (Fsp3) is 0.326. The third-order valence-corrected chi connectivity index (χ3v) is 17.0. The second-order valence-corrected chi connectivity index (χ2v) is 21.0. The molecule has 0 saturated heterocycles. The van der Waals surface area contributed by atoms with E-state index in [2.05, 4.69) is 155 Å². The van der Waals surface area contributed by atoms with Crippen LogP contribution in [-0.4, -0.2) is 3.71 Å². The quantitative estimate of drug-likeness (QED) is 0.201. The maximum Gasteiger partial charge on any atom is -1.00 e. The Hall–Kier alpha value is -2.31. The molecule has 0 bridgehead atoms. The fourth-order valence-electron chi connectivity index (χ4n) is 7.19. The number of fused-ring (bicyclic) bond motifs is 3. The van der Waals surface area contributed by atoms with Crippen molar-refractivity contribution in [3.8, 4) is 33.4 Å². The van der Waals surface area contributed by atoms with Gasteiger partial charge in [0.2, 0.25) is 0 Å². The summed E-state index contributed by atoms with van der Waals surface area (Å²) in [7, 11) is 0. The fourth-order valence-corrected chi connectivity index (χ4v) is 15.0. The Balaban J connectivity index is 0.00000240. The molecule has 0 radical (unpaired) electrons. The Morgan fingerprint density at radius 1 is 0.674 bits per heavy atom. The summed E-state index contributed by atoms with van der Waals surface area (Å²) < 4.78 is 5.08. The molecule has 2 aliphatic rings. The zero-order chi connectivity index (χ0) is 31.1. The molecule has 2 aliphatic carbocycles. The minimum atomic E-state index is -2.30. The van der Waals surface area contributed by atoms with Crippen LogP contribution in [0.1, 0.15) is 100 Å². The van der Waals surface area contributed by atoms with Crippen LogP contribution in [0.3, 0.4) is 0 Å². The van der Waals surface area contributed by atoms with Crippen LogP contribution < -0.4 is 24.8 Å². The van der Waals surface area contributed by atoms with Gasteiger partial charge in [0.15, 0.2) is 0 Å². The van der Waals surface area contributed by atoms with Crippen molar-refractivity contribution in [3.63, 3.8) is 0 Å². The van der Waals surface area contributed by atoms with Gasteiger partial charge in [-0.2, -0.15) is 0 Å². The minimum Gasteiger partial charge on any atom is -1.00 e. The van der Waals surface area contributed by atoms with Crippen LogP contribution >= 0.6 is 0 Å². The topological polar surface area (TPSA) is 0 Å². The SMILES string of the molecule is CCCC/[CH]=[Zr+2](/[C]1=CC=CC1)[CH]1c2cc(-c3ccccc3)c(C(C)(C)C)cc2-c2cc(C(C)(C)C)c(-c3ccccc3)cc21.[Cl-].[Cl-]. The summed E-state index contributed by atoms with van der Waals surface area (Å²) in [6.45, 7) is 16.6. The molecule has 0 nitrogen and oxygen atoms in total. The van der Waals surface area contributed by atoms with Gasteiger partial charge in [-0.25, -0.2) is 0 Å². The molecule has 0 unspecified atom stereocenters. The van der Waals surface area contributed by atoms with Crippen molar-refractivity contribution < 1.29 is 46.1 Å². The molecule has 3 heteroatoms. The zero-order valence-corrected chi connectivity index (χ0v) is 32.5. The molecule has 238 valence electrons. The molecular weight excluding hydrogens is 679 g/mol. The van der Waals surface area contributed by atoms with Crippen molar-refractivity contribution in [2.24, 2.45) is 0 Å². The van der Waals surface area contributed by atoms with Gasteiger partial charge in [0, 0.05) is 0 Å². The number of allylic oxidation sites excluding steroid dienone is 4. The van der Waals surface area contributed by atoms with Crippen LogP contribution in [0.5, 0.6) is 0 Å². The smallest absolute Gasteiger partial charge is 1.00 e. The van der Waals surface area contributed by atoms with E-state index < -0.39 is 21.3 Å². The first kappa shape index (κ1) is 36.5. The number of benzene rings is 4. The van der Waals surface area contributed by atoms with Crippen molar-refractivity contribution >= 4 is 3.71 Å². The van der Waals surface area contributed by atoms with Crippen LogP contribution in [0.15, 0.2) is 106 Å². The summed E-state index contributed by atoms with van der Waals surface area (Å²) in [5.41, 5.74) is 14.5. The van der Waals surface area contributed by atoms with Crippen molar-refractivity contribution in [3.05, 3.63) is 129 Å². The molecule has 4 aromatic carbocycles. The van der Waals surface area contributed by atoms with Gasteiger partial charge in [-0.1, -0.05) is 0 Å². The summed E-state index contributed by atoms with van der Waals surface area (Å²) in [4.78, 5) is 0. The van der Waals surface area contributed by atoms with Gasteiger partial charge in [-0.05, 0) is 0 Å². The predicted octanol–water partition coefficient (Wildman–Crippen LogP) is 6.15. The molecule has 6 rings (SSSR count). The van der Waals surface area contributed by atoms with Crippen molar-refractivity contribution in [2.45, 2.75) is 88.6 Å². The van der Waals surface area contributed by atoms with Crippen molar-refractivity contribution in [2.75, 3.05) is 0 Å². The molecule has 0 aliphatic heterocycles. The number of hydrogen-bond donors (Lipinski definition) is 0. The monoisotopic (exact) mass is 724 g/mol. The first-order valence-corrected chi connectivity index (χ1v) is 20.7. The minimum absolute atomic E-state index is 0. The average molecular weight is 727 g/mol. The zero-order valence-electron chi connectivity index (χ0n) is 28.6. The summed E-state index contributed by atoms with van der Waals surface area (Å²) in [6, 6.07) is 32.7. The molecule has 0 atom stereocenters. The third kappa shape index (κ3) is 7.23. The van der Waals surface area contributed by atoms with E-state index in [-0.39, 0.29) is 35.6 Å². The molecule has 0 saturated carbocycles. The van der Waals surface area contributed by atoms with Gasteiger partial charge in [0.25, 0.3) is 0 Å². The van der Waals surface area contributed by atoms with Crippen LogP contribution in [0.4, 0.5) is 0 Å². The largest absolute Gasteiger partial charge is 1.00 e. The number of unbranched alkanes of at least 4 members (excludes halogenated alkanes) is 2. The maximum atomic E-state index is 2.86. The third-order valence-electron chi connectivity index (χ3n) is 9.45. The summed E-state index contributed by atoms with van der Waals surface area (Å²) in [6.07, 6.45) is 12.1. The van der Waals surface area contributed by atoms with E-state index in [1.165, 1.54) is 63.8 Å². The molecule has 0 spiro atoms. The van der Waals surface area contributed by atoms with Gasteiger partial charge in [0.1, 0.15) is 0 Å². The molecule has 0 N–H and O–H groups in total. The average Bonchev–Trinajstić information content (AvgIpc) is 3.65. The molecule has 0 heterocycles. The van der Waals surface area contributed by atoms with Crippen LogP contribution in [-0.2, 0) is 32.1 Å². The van der Waals surface area contributed by atoms with E-state index in [0.29, 0.717) is 3.63 Å². The van der Waals surface area contributed by atoms with Gasteiger partial charge in [0.05, 0.1) is 0 Å². The number of rotatable bonds is 7. The Labute approximate surface area is 298 Å². The van der Waals surface area contributed by atoms with E-state index in [9.17, 15) is 0 Å². The Morgan fingerprint density at radius 2 is 1.15 bits per heavy atom. The van der Waals surface area contributed by atoms with Gasteiger partial charge in [-0.15, -0.1) is 0 Å². The van der Waals surface area contributed by atoms with Crippen molar-refractivity contribution in [1.82, 2.24) is 0 Å². The van der Waals surface area contributed by atoms with Crippen LogP contribution in [0.2, 0.25) is 0 Å². The molecule has 0 amide bonds. The van der Waals surface area contributed by atoms with E-state index >= 15 is 0 Å². The molecule has 0 aromatic heterocycles. The summed E-state index contributed by atoms with van der Waals surface area (Å²) >= 11 is -2.30. The Morgan fingerprint density at radius 3 is 1.54 bits per heavy atom. The Bertz CT molecular complexity index is 1660. The van der Waals surface area contributed by atoms with Crippen molar-refractivity contribution in [1.29, 1.82) is 0 Å². The molecular formula is C43H48Cl2Zr. The van der Waals surface area contributed by atoms with E-state index in [1.807, 2.05) is 0 Å². The van der Waals surface area contributed by atoms with Crippen LogP contribution in [0, 0.1) is 0 Å². The molecule has 0 fully saturated rings. The van der Waals surface area contributed by atoms with E-state index in [4.69, 9.17) is 0 Å². The summed E-state index contributed by atoms with van der Waals surface area (Å²) in [5.74, 6) is 0. The first-order chi connectivity index (χ1) is 21.1. The normalized spacial score (nSPS) is 13.9. The second-order valence-electron chi connectivity index (χ2n) is 14.8. The van der Waals surface area contributed by atoms with Gasteiger partial charge >= 0.3 is 276 Å². The standard InChI is InChI=1S/C33H33.C5H5.C5H10.2ClH.Zr/c1-32(2,3)30-20-26-24(18-28(30)22-13-9-7-10-14-22)17-25-19-29(23-15-11-8-12-16-23)31(21-27(25)26)33(4,5)6;1-2-4-5-3-1;1-3-5-4-2;;;/h7-21H,1-6H3;1-3H,4H2;1H,3-5H2,2H3;2*1H;/q;;;;;+2/p-2. The van der Waals surface area contributed by atoms with Gasteiger partial charge < -0.3 is 24.8 Å². The maximum absolute atomic E-state index is 2.86. The second kappa shape index (κ2) is 14.9. The first-order valence-electron chi connectivity index (χ1n) is 16.6. The molecule has 4 aromatic rings. The number of hydrogen-bond acceptors (Lipinski definition) is 0. The Kier molecular flexibility index (Phi) is 11.8. The summed E-state index contributed by atoms with van der Waals surface area (Å²) in [5, 5.41) is 0. The molecule has 46 heavy (non-hydrogen) atoms. The van der Waals surface area contributed by atoms with E-state index in [0.717, 1.165) is 6.42 Å². The van der Waals surface area contributed by atoms with Crippen LogP contribution in [0.25, 0.3) is 33.4 Å².